The van der Waals surface area contributed by atoms with Crippen LogP contribution in [0.4, 0.5) is 4.79 Å². The minimum atomic E-state index is -0.374. The number of ether oxygens (including phenoxy) is 2. The average Bonchev–Trinajstić information content (AvgIpc) is 2.51. The van der Waals surface area contributed by atoms with Gasteiger partial charge in [0.1, 0.15) is 6.61 Å². The van der Waals surface area contributed by atoms with Gasteiger partial charge < -0.3 is 14.8 Å². The van der Waals surface area contributed by atoms with E-state index in [0.29, 0.717) is 31.2 Å². The SMILES string of the molecule is CCC1OCC(NC(=O)OCc2ccccc2)C(C)C1C. The maximum absolute atomic E-state index is 11.9. The number of alkyl carbamates (subject to hydrolysis) is 1. The molecule has 2 rings (SSSR count). The Morgan fingerprint density at radius 1 is 1.29 bits per heavy atom. The van der Waals surface area contributed by atoms with Crippen molar-refractivity contribution >= 4 is 6.09 Å². The first-order valence-electron chi connectivity index (χ1n) is 7.70. The third-order valence-corrected chi connectivity index (χ3v) is 4.46. The second kappa shape index (κ2) is 7.46. The van der Waals surface area contributed by atoms with E-state index in [1.54, 1.807) is 0 Å². The number of hydrogen-bond donors (Lipinski definition) is 1. The second-order valence-corrected chi connectivity index (χ2v) is 5.81. The molecule has 116 valence electrons. The van der Waals surface area contributed by atoms with Crippen LogP contribution in [0, 0.1) is 11.8 Å². The van der Waals surface area contributed by atoms with Gasteiger partial charge in [0.25, 0.3) is 0 Å². The van der Waals surface area contributed by atoms with Gasteiger partial charge in [0.2, 0.25) is 0 Å². The molecule has 4 nitrogen and oxygen atoms in total. The van der Waals surface area contributed by atoms with Crippen molar-refractivity contribution < 1.29 is 14.3 Å². The lowest BCUT2D eigenvalue weighted by Gasteiger charge is -2.39. The average molecular weight is 291 g/mol. The van der Waals surface area contributed by atoms with Gasteiger partial charge in [0.05, 0.1) is 18.8 Å². The van der Waals surface area contributed by atoms with Crippen molar-refractivity contribution in [1.29, 1.82) is 0 Å². The predicted octanol–water partition coefficient (Wildman–Crippen LogP) is 3.36. The van der Waals surface area contributed by atoms with Gasteiger partial charge in [-0.2, -0.15) is 0 Å². The third kappa shape index (κ3) is 4.21. The zero-order valence-corrected chi connectivity index (χ0v) is 13.0. The Morgan fingerprint density at radius 3 is 2.67 bits per heavy atom. The van der Waals surface area contributed by atoms with Crippen LogP contribution in [0.15, 0.2) is 30.3 Å². The zero-order chi connectivity index (χ0) is 15.2. The first-order valence-corrected chi connectivity index (χ1v) is 7.70. The second-order valence-electron chi connectivity index (χ2n) is 5.81. The molecule has 0 bridgehead atoms. The van der Waals surface area contributed by atoms with Crippen molar-refractivity contribution in [3.05, 3.63) is 35.9 Å². The fourth-order valence-corrected chi connectivity index (χ4v) is 2.81. The van der Waals surface area contributed by atoms with E-state index in [0.717, 1.165) is 12.0 Å². The standard InChI is InChI=1S/C17H25NO3/c1-4-16-13(3)12(2)15(11-20-16)18-17(19)21-10-14-8-6-5-7-9-14/h5-9,12-13,15-16H,4,10-11H2,1-3H3,(H,18,19). The molecule has 1 aliphatic heterocycles. The maximum atomic E-state index is 11.9. The van der Waals surface area contributed by atoms with Gasteiger partial charge in [-0.15, -0.1) is 0 Å². The van der Waals surface area contributed by atoms with Gasteiger partial charge in [-0.1, -0.05) is 51.1 Å². The number of rotatable bonds is 4. The highest BCUT2D eigenvalue weighted by atomic mass is 16.5. The van der Waals surface area contributed by atoms with E-state index < -0.39 is 0 Å². The lowest BCUT2D eigenvalue weighted by atomic mass is 9.82. The lowest BCUT2D eigenvalue weighted by molar-refractivity contribution is -0.0660. The van der Waals surface area contributed by atoms with Crippen LogP contribution in [0.5, 0.6) is 0 Å². The molecule has 21 heavy (non-hydrogen) atoms. The highest BCUT2D eigenvalue weighted by molar-refractivity contribution is 5.67. The molecule has 1 fully saturated rings. The summed E-state index contributed by atoms with van der Waals surface area (Å²) in [4.78, 5) is 11.9. The molecule has 1 aliphatic rings. The van der Waals surface area contributed by atoms with E-state index in [1.165, 1.54) is 0 Å². The first-order chi connectivity index (χ1) is 10.1. The summed E-state index contributed by atoms with van der Waals surface area (Å²) in [5, 5.41) is 2.93. The fraction of sp³-hybridized carbons (Fsp3) is 0.588. The number of nitrogens with one attached hydrogen (secondary N) is 1. The van der Waals surface area contributed by atoms with Crippen LogP contribution in [0.25, 0.3) is 0 Å². The van der Waals surface area contributed by atoms with E-state index in [9.17, 15) is 4.79 Å². The molecule has 0 aromatic heterocycles. The lowest BCUT2D eigenvalue weighted by Crippen LogP contribution is -2.51. The predicted molar refractivity (Wildman–Crippen MR) is 81.9 cm³/mol. The molecule has 1 N–H and O–H groups in total. The van der Waals surface area contributed by atoms with Gasteiger partial charge in [0, 0.05) is 0 Å². The van der Waals surface area contributed by atoms with Crippen molar-refractivity contribution in [2.45, 2.75) is 45.9 Å². The Hall–Kier alpha value is -1.55. The van der Waals surface area contributed by atoms with E-state index in [1.807, 2.05) is 30.3 Å². The number of carbonyl (C=O) groups is 1. The van der Waals surface area contributed by atoms with Gasteiger partial charge in [-0.25, -0.2) is 4.79 Å². The van der Waals surface area contributed by atoms with E-state index in [4.69, 9.17) is 9.47 Å². The van der Waals surface area contributed by atoms with Crippen LogP contribution in [-0.4, -0.2) is 24.8 Å². The minimum Gasteiger partial charge on any atom is -0.445 e. The summed E-state index contributed by atoms with van der Waals surface area (Å²) < 4.78 is 11.1. The number of hydrogen-bond acceptors (Lipinski definition) is 3. The summed E-state index contributed by atoms with van der Waals surface area (Å²) in [6.07, 6.45) is 0.927. The van der Waals surface area contributed by atoms with Crippen LogP contribution in [-0.2, 0) is 16.1 Å². The fourth-order valence-electron chi connectivity index (χ4n) is 2.81. The molecule has 4 atom stereocenters. The molecule has 1 aromatic carbocycles. The highest BCUT2D eigenvalue weighted by Gasteiger charge is 2.34. The van der Waals surface area contributed by atoms with Gasteiger partial charge in [0.15, 0.2) is 0 Å². The normalized spacial score (nSPS) is 28.9. The van der Waals surface area contributed by atoms with Crippen LogP contribution in [0.3, 0.4) is 0 Å². The van der Waals surface area contributed by atoms with Gasteiger partial charge in [-0.3, -0.25) is 0 Å². The molecule has 1 saturated heterocycles. The first kappa shape index (κ1) is 15.8. The molecular formula is C17H25NO3. The van der Waals surface area contributed by atoms with Crippen molar-refractivity contribution in [1.82, 2.24) is 5.32 Å². The van der Waals surface area contributed by atoms with Crippen LogP contribution in [0.1, 0.15) is 32.8 Å². The number of carbonyl (C=O) groups excluding carboxylic acids is 1. The zero-order valence-electron chi connectivity index (χ0n) is 13.0. The molecular weight excluding hydrogens is 266 g/mol. The Labute approximate surface area is 126 Å². The Morgan fingerprint density at radius 2 is 2.00 bits per heavy atom. The quantitative estimate of drug-likeness (QED) is 0.925. The molecule has 4 heteroatoms. The largest absolute Gasteiger partial charge is 0.445 e. The number of amides is 1. The minimum absolute atomic E-state index is 0.0195. The summed E-state index contributed by atoms with van der Waals surface area (Å²) in [6, 6.07) is 9.70. The summed E-state index contributed by atoms with van der Waals surface area (Å²) in [5.41, 5.74) is 0.986. The molecule has 1 aromatic rings. The van der Waals surface area contributed by atoms with Crippen LogP contribution < -0.4 is 5.32 Å². The van der Waals surface area contributed by atoms with E-state index >= 15 is 0 Å². The molecule has 0 saturated carbocycles. The van der Waals surface area contributed by atoms with Crippen LogP contribution in [0.2, 0.25) is 0 Å². The van der Waals surface area contributed by atoms with Crippen molar-refractivity contribution in [2.75, 3.05) is 6.61 Å². The molecule has 1 amide bonds. The summed E-state index contributed by atoms with van der Waals surface area (Å²) in [7, 11) is 0. The van der Waals surface area contributed by atoms with Crippen molar-refractivity contribution in [3.63, 3.8) is 0 Å². The summed E-state index contributed by atoms with van der Waals surface area (Å²) in [5.74, 6) is 0.816. The Kier molecular flexibility index (Phi) is 5.62. The molecule has 4 unspecified atom stereocenters. The van der Waals surface area contributed by atoms with Crippen molar-refractivity contribution in [3.8, 4) is 0 Å². The highest BCUT2D eigenvalue weighted by Crippen LogP contribution is 2.28. The number of benzene rings is 1. The summed E-state index contributed by atoms with van der Waals surface area (Å²) >= 11 is 0. The molecule has 0 radical (unpaired) electrons. The third-order valence-electron chi connectivity index (χ3n) is 4.46. The topological polar surface area (TPSA) is 47.6 Å². The maximum Gasteiger partial charge on any atom is 0.407 e. The molecule has 0 spiro atoms. The Balaban J connectivity index is 1.80. The molecule has 1 heterocycles. The van der Waals surface area contributed by atoms with E-state index in [2.05, 4.69) is 26.1 Å². The molecule has 0 aliphatic carbocycles. The summed E-state index contributed by atoms with van der Waals surface area (Å²) in [6.45, 7) is 7.34. The van der Waals surface area contributed by atoms with Gasteiger partial charge in [-0.05, 0) is 23.8 Å². The van der Waals surface area contributed by atoms with E-state index in [-0.39, 0.29) is 12.1 Å². The van der Waals surface area contributed by atoms with Crippen LogP contribution >= 0.6 is 0 Å². The monoisotopic (exact) mass is 291 g/mol. The Bertz CT molecular complexity index is 449. The van der Waals surface area contributed by atoms with Gasteiger partial charge >= 0.3 is 6.09 Å². The smallest absolute Gasteiger partial charge is 0.407 e. The van der Waals surface area contributed by atoms with Crippen molar-refractivity contribution in [2.24, 2.45) is 11.8 Å².